The smallest absolute Gasteiger partial charge is 0.339 e. The quantitative estimate of drug-likeness (QED) is 0.243. The third-order valence-electron chi connectivity index (χ3n) is 5.71. The molecule has 2 rings (SSSR count). The first-order valence-corrected chi connectivity index (χ1v) is 12.0. The zero-order chi connectivity index (χ0) is 22.3. The molecule has 4 heteroatoms. The molecule has 0 amide bonds. The highest BCUT2D eigenvalue weighted by Gasteiger charge is 2.18. The largest absolute Gasteiger partial charge is 0.478 e. The van der Waals surface area contributed by atoms with Crippen molar-refractivity contribution in [2.24, 2.45) is 0 Å². The molecule has 1 aromatic heterocycles. The van der Waals surface area contributed by atoms with Crippen LogP contribution in [0.5, 0.6) is 0 Å². The molecule has 0 radical (unpaired) electrons. The molecule has 1 unspecified atom stereocenters. The standard InChI is InChI=1S/C27H38N2O2/c1-3-5-7-9-12-18-24(23-16-13-10-14-17-23)19-25(27(30)31)26-28-20-22(21-29-26)15-11-8-6-4-2/h10,13-14,16-17,19-21,24H,3-9,11-12,15,18H2,1-2H3,(H,30,31)/b25-19+. The van der Waals surface area contributed by atoms with Gasteiger partial charge in [0.1, 0.15) is 5.57 Å². The maximum absolute atomic E-state index is 12.1. The van der Waals surface area contributed by atoms with Crippen molar-refractivity contribution in [3.8, 4) is 0 Å². The number of nitrogens with zero attached hydrogens (tertiary/aromatic N) is 2. The van der Waals surface area contributed by atoms with Gasteiger partial charge in [-0.2, -0.15) is 0 Å². The lowest BCUT2D eigenvalue weighted by molar-refractivity contribution is -0.130. The van der Waals surface area contributed by atoms with Gasteiger partial charge in [-0.25, -0.2) is 14.8 Å². The third kappa shape index (κ3) is 9.04. The van der Waals surface area contributed by atoms with Crippen LogP contribution in [-0.2, 0) is 11.2 Å². The van der Waals surface area contributed by atoms with Crippen molar-refractivity contribution < 1.29 is 9.90 Å². The normalized spacial score (nSPS) is 12.6. The summed E-state index contributed by atoms with van der Waals surface area (Å²) in [7, 11) is 0. The van der Waals surface area contributed by atoms with E-state index < -0.39 is 5.97 Å². The monoisotopic (exact) mass is 422 g/mol. The summed E-state index contributed by atoms with van der Waals surface area (Å²) in [6.45, 7) is 4.41. The van der Waals surface area contributed by atoms with Gasteiger partial charge in [0.2, 0.25) is 0 Å². The van der Waals surface area contributed by atoms with Crippen LogP contribution >= 0.6 is 0 Å². The zero-order valence-corrected chi connectivity index (χ0v) is 19.2. The van der Waals surface area contributed by atoms with Crippen molar-refractivity contribution in [3.05, 3.63) is 65.8 Å². The number of benzene rings is 1. The van der Waals surface area contributed by atoms with E-state index in [-0.39, 0.29) is 11.5 Å². The fraction of sp³-hybridized carbons (Fsp3) is 0.519. The average Bonchev–Trinajstić information content (AvgIpc) is 2.79. The van der Waals surface area contributed by atoms with Crippen LogP contribution in [0.15, 0.2) is 48.8 Å². The van der Waals surface area contributed by atoms with Crippen molar-refractivity contribution in [3.63, 3.8) is 0 Å². The second-order valence-corrected chi connectivity index (χ2v) is 8.33. The van der Waals surface area contributed by atoms with E-state index in [4.69, 9.17) is 0 Å². The molecule has 0 aliphatic heterocycles. The second kappa shape index (κ2) is 14.5. The van der Waals surface area contributed by atoms with Crippen molar-refractivity contribution >= 4 is 11.5 Å². The van der Waals surface area contributed by atoms with Gasteiger partial charge in [-0.05, 0) is 30.4 Å². The molecule has 4 nitrogen and oxygen atoms in total. The molecule has 168 valence electrons. The number of hydrogen-bond acceptors (Lipinski definition) is 3. The van der Waals surface area contributed by atoms with Crippen molar-refractivity contribution in [1.82, 2.24) is 9.97 Å². The predicted molar refractivity (Wildman–Crippen MR) is 128 cm³/mol. The van der Waals surface area contributed by atoms with Gasteiger partial charge in [-0.3, -0.25) is 0 Å². The first-order chi connectivity index (χ1) is 15.2. The summed E-state index contributed by atoms with van der Waals surface area (Å²) in [4.78, 5) is 20.9. The number of carboxylic acid groups (broad SMARTS) is 1. The number of rotatable bonds is 15. The maximum Gasteiger partial charge on any atom is 0.339 e. The van der Waals surface area contributed by atoms with Crippen molar-refractivity contribution in [2.45, 2.75) is 90.4 Å². The van der Waals surface area contributed by atoms with E-state index in [1.165, 1.54) is 44.9 Å². The minimum atomic E-state index is -0.970. The van der Waals surface area contributed by atoms with E-state index in [0.717, 1.165) is 36.8 Å². The molecule has 0 fully saturated rings. The van der Waals surface area contributed by atoms with Gasteiger partial charge < -0.3 is 5.11 Å². The number of aliphatic carboxylic acids is 1. The molecular weight excluding hydrogens is 384 g/mol. The van der Waals surface area contributed by atoms with Gasteiger partial charge in [0.05, 0.1) is 0 Å². The molecule has 1 aromatic carbocycles. The van der Waals surface area contributed by atoms with E-state index in [2.05, 4.69) is 35.9 Å². The molecule has 0 saturated carbocycles. The molecule has 0 bridgehead atoms. The van der Waals surface area contributed by atoms with Crippen LogP contribution in [0.4, 0.5) is 0 Å². The number of hydrogen-bond donors (Lipinski definition) is 1. The summed E-state index contributed by atoms with van der Waals surface area (Å²) in [6, 6.07) is 10.2. The lowest BCUT2D eigenvalue weighted by Crippen LogP contribution is -2.07. The van der Waals surface area contributed by atoms with Gasteiger partial charge in [0.25, 0.3) is 0 Å². The fourth-order valence-electron chi connectivity index (χ4n) is 3.84. The van der Waals surface area contributed by atoms with Crippen LogP contribution in [0.3, 0.4) is 0 Å². The summed E-state index contributed by atoms with van der Waals surface area (Å²) < 4.78 is 0. The number of unbranched alkanes of at least 4 members (excludes halogenated alkanes) is 7. The summed E-state index contributed by atoms with van der Waals surface area (Å²) >= 11 is 0. The Kier molecular flexibility index (Phi) is 11.6. The van der Waals surface area contributed by atoms with Gasteiger partial charge in [0, 0.05) is 18.3 Å². The zero-order valence-electron chi connectivity index (χ0n) is 19.2. The maximum atomic E-state index is 12.1. The van der Waals surface area contributed by atoms with Crippen LogP contribution in [-0.4, -0.2) is 21.0 Å². The van der Waals surface area contributed by atoms with Crippen molar-refractivity contribution in [2.75, 3.05) is 0 Å². The van der Waals surface area contributed by atoms with E-state index in [1.54, 1.807) is 12.4 Å². The minimum absolute atomic E-state index is 0.0475. The molecular formula is C27H38N2O2. The Morgan fingerprint density at radius 1 is 0.903 bits per heavy atom. The molecule has 31 heavy (non-hydrogen) atoms. The van der Waals surface area contributed by atoms with Crippen molar-refractivity contribution in [1.29, 1.82) is 0 Å². The number of aromatic nitrogens is 2. The molecule has 0 spiro atoms. The van der Waals surface area contributed by atoms with E-state index in [0.29, 0.717) is 5.82 Å². The second-order valence-electron chi connectivity index (χ2n) is 8.33. The molecule has 2 aromatic rings. The number of aryl methyl sites for hydroxylation is 1. The van der Waals surface area contributed by atoms with Gasteiger partial charge in [0.15, 0.2) is 5.82 Å². The van der Waals surface area contributed by atoms with E-state index in [1.807, 2.05) is 24.3 Å². The SMILES string of the molecule is CCCCCCCC(/C=C(/C(=O)O)c1ncc(CCCCCC)cn1)c1ccccc1. The Labute approximate surface area is 187 Å². The molecule has 1 heterocycles. The molecule has 0 aliphatic carbocycles. The Balaban J connectivity index is 2.15. The molecule has 0 saturated heterocycles. The lowest BCUT2D eigenvalue weighted by atomic mass is 9.90. The third-order valence-corrected chi connectivity index (χ3v) is 5.71. The first-order valence-electron chi connectivity index (χ1n) is 12.0. The van der Waals surface area contributed by atoms with Crippen LogP contribution in [0.2, 0.25) is 0 Å². The van der Waals surface area contributed by atoms with Crippen LogP contribution < -0.4 is 0 Å². The highest BCUT2D eigenvalue weighted by atomic mass is 16.4. The number of carboxylic acids is 1. The Morgan fingerprint density at radius 2 is 1.52 bits per heavy atom. The first kappa shape index (κ1) is 24.8. The summed E-state index contributed by atoms with van der Waals surface area (Å²) in [6.07, 6.45) is 18.0. The summed E-state index contributed by atoms with van der Waals surface area (Å²) in [5, 5.41) is 9.89. The van der Waals surface area contributed by atoms with E-state index >= 15 is 0 Å². The van der Waals surface area contributed by atoms with Gasteiger partial charge in [-0.1, -0.05) is 102 Å². The highest BCUT2D eigenvalue weighted by Crippen LogP contribution is 2.28. The van der Waals surface area contributed by atoms with Crippen LogP contribution in [0.25, 0.3) is 5.57 Å². The topological polar surface area (TPSA) is 63.1 Å². The Hall–Kier alpha value is -2.49. The van der Waals surface area contributed by atoms with Gasteiger partial charge >= 0.3 is 5.97 Å². The van der Waals surface area contributed by atoms with E-state index in [9.17, 15) is 9.90 Å². The molecule has 1 N–H and O–H groups in total. The lowest BCUT2D eigenvalue weighted by Gasteiger charge is -2.15. The van der Waals surface area contributed by atoms with Crippen LogP contribution in [0, 0.1) is 0 Å². The van der Waals surface area contributed by atoms with Crippen LogP contribution in [0.1, 0.15) is 101 Å². The fourth-order valence-corrected chi connectivity index (χ4v) is 3.84. The Morgan fingerprint density at radius 3 is 2.13 bits per heavy atom. The predicted octanol–water partition coefficient (Wildman–Crippen LogP) is 7.21. The Bertz CT molecular complexity index is 785. The number of allylic oxidation sites excluding steroid dienone is 1. The van der Waals surface area contributed by atoms with Gasteiger partial charge in [-0.15, -0.1) is 0 Å². The summed E-state index contributed by atoms with van der Waals surface area (Å²) in [5.41, 5.74) is 2.41. The molecule has 0 aliphatic rings. The highest BCUT2D eigenvalue weighted by molar-refractivity contribution is 6.14. The molecule has 1 atom stereocenters. The summed E-state index contributed by atoms with van der Waals surface area (Å²) in [5.74, 6) is -0.620. The average molecular weight is 423 g/mol. The number of carbonyl (C=O) groups is 1. The minimum Gasteiger partial charge on any atom is -0.478 e.